The van der Waals surface area contributed by atoms with Crippen LogP contribution < -0.4 is 50.9 Å². The molecule has 0 fully saturated rings. The van der Waals surface area contributed by atoms with Gasteiger partial charge in [0.05, 0.1) is 37.4 Å². The molecule has 240 valence electrons. The Balaban J connectivity index is 0.00000368. The minimum Gasteiger partial charge on any atom is -0.870 e. The maximum atomic E-state index is 15.5. The third-order valence-electron chi connectivity index (χ3n) is 7.29. The molecule has 2 N–H and O–H groups in total. The first kappa shape index (κ1) is 38.6. The molecule has 1 heterocycles. The molecule has 3 aromatic carbocycles. The second-order valence-corrected chi connectivity index (χ2v) is 10.00. The van der Waals surface area contributed by atoms with Crippen LogP contribution in [-0.2, 0) is 24.1 Å². The van der Waals surface area contributed by atoms with Gasteiger partial charge < -0.3 is 20.3 Å². The van der Waals surface area contributed by atoms with Gasteiger partial charge in [-0.1, -0.05) is 55.0 Å². The average molecular weight is 655 g/mol. The van der Waals surface area contributed by atoms with Crippen LogP contribution in [-0.4, -0.2) is 34.6 Å². The van der Waals surface area contributed by atoms with Crippen LogP contribution in [0.1, 0.15) is 41.3 Å². The van der Waals surface area contributed by atoms with E-state index in [-0.39, 0.29) is 70.6 Å². The van der Waals surface area contributed by atoms with Crippen molar-refractivity contribution in [1.29, 1.82) is 0 Å². The van der Waals surface area contributed by atoms with E-state index >= 15 is 4.39 Å². The Labute approximate surface area is 283 Å². The number of alkyl halides is 3. The monoisotopic (exact) mass is 654 g/mol. The second-order valence-electron chi connectivity index (χ2n) is 10.00. The summed E-state index contributed by atoms with van der Waals surface area (Å²) in [5, 5.41) is 3.19. The number of unbranched alkanes of at least 4 members (excludes halogenated alkanes) is 1. The van der Waals surface area contributed by atoms with E-state index < -0.39 is 52.8 Å². The number of aromatic nitrogens is 2. The van der Waals surface area contributed by atoms with Crippen molar-refractivity contribution in [1.82, 2.24) is 14.5 Å². The van der Waals surface area contributed by atoms with E-state index in [0.717, 1.165) is 21.3 Å². The molecular weight excluding hydrogens is 624 g/mol. The second kappa shape index (κ2) is 16.8. The average Bonchev–Trinajstić information content (AvgIpc) is 3.00. The normalized spacial score (nSPS) is 11.7. The summed E-state index contributed by atoms with van der Waals surface area (Å²) < 4.78 is 78.8. The first-order valence-electron chi connectivity index (χ1n) is 13.6. The zero-order valence-electron chi connectivity index (χ0n) is 25.3. The Hall–Kier alpha value is -3.62. The molecule has 0 saturated heterocycles. The molecule has 0 spiro atoms. The van der Waals surface area contributed by atoms with Gasteiger partial charge in [-0.3, -0.25) is 20.2 Å². The zero-order valence-corrected chi connectivity index (χ0v) is 27.3. The van der Waals surface area contributed by atoms with Crippen molar-refractivity contribution in [2.24, 2.45) is 0 Å². The molecule has 0 aliphatic heterocycles. The van der Waals surface area contributed by atoms with E-state index in [4.69, 9.17) is 4.74 Å². The molecule has 0 bridgehead atoms. The fourth-order valence-corrected chi connectivity index (χ4v) is 5.06. The fourth-order valence-electron chi connectivity index (χ4n) is 5.06. The molecule has 0 aliphatic carbocycles. The summed E-state index contributed by atoms with van der Waals surface area (Å²) in [6.45, 7) is 0.405. The zero-order chi connectivity index (χ0) is 32.0. The number of ether oxygens (including phenoxy) is 1. The third-order valence-corrected chi connectivity index (χ3v) is 7.29. The van der Waals surface area contributed by atoms with E-state index in [1.807, 2.05) is 0 Å². The number of benzene rings is 3. The van der Waals surface area contributed by atoms with E-state index in [9.17, 15) is 31.9 Å². The van der Waals surface area contributed by atoms with E-state index in [1.165, 1.54) is 32.2 Å². The molecular formula is C32H30F5N3NaO5-. The van der Waals surface area contributed by atoms with Crippen LogP contribution in [0, 0.1) is 18.6 Å². The topological polar surface area (TPSA) is 112 Å². The first-order valence-corrected chi connectivity index (χ1v) is 13.6. The minimum atomic E-state index is -4.94. The van der Waals surface area contributed by atoms with Crippen molar-refractivity contribution in [3.63, 3.8) is 0 Å². The molecule has 0 unspecified atom stereocenters. The van der Waals surface area contributed by atoms with Gasteiger partial charge in [-0.2, -0.15) is 19.6 Å². The number of halogens is 5. The van der Waals surface area contributed by atoms with Crippen LogP contribution in [0.15, 0.2) is 76.3 Å². The number of methoxy groups -OCH3 is 1. The van der Waals surface area contributed by atoms with E-state index in [2.05, 4.69) is 5.32 Å². The van der Waals surface area contributed by atoms with Gasteiger partial charge in [0.2, 0.25) is 0 Å². The quantitative estimate of drug-likeness (QED) is 0.109. The Morgan fingerprint density at radius 2 is 1.63 bits per heavy atom. The van der Waals surface area contributed by atoms with Crippen LogP contribution in [0.2, 0.25) is 0 Å². The summed E-state index contributed by atoms with van der Waals surface area (Å²) in [6.07, 6.45) is -2.59. The van der Waals surface area contributed by atoms with Gasteiger partial charge in [0.25, 0.3) is 5.56 Å². The van der Waals surface area contributed by atoms with Crippen LogP contribution in [0.4, 0.5) is 22.0 Å². The Bertz CT molecular complexity index is 1760. The summed E-state index contributed by atoms with van der Waals surface area (Å²) in [4.78, 5) is 38.7. The van der Waals surface area contributed by atoms with Gasteiger partial charge in [-0.05, 0) is 37.2 Å². The Morgan fingerprint density at radius 1 is 0.957 bits per heavy atom. The summed E-state index contributed by atoms with van der Waals surface area (Å²) >= 11 is 0. The molecule has 1 atom stereocenters. The maximum absolute atomic E-state index is 15.5. The Kier molecular flexibility index (Phi) is 14.1. The number of rotatable bonds is 12. The number of hydrogen-bond acceptors (Lipinski definition) is 6. The molecule has 4 aromatic rings. The smallest absolute Gasteiger partial charge is 0.870 e. The summed E-state index contributed by atoms with van der Waals surface area (Å²) in [7, 11) is 1.23. The molecule has 14 heteroatoms. The van der Waals surface area contributed by atoms with Crippen LogP contribution >= 0.6 is 0 Å². The number of carbonyl (C=O) groups excluding carboxylic acids is 1. The van der Waals surface area contributed by atoms with Crippen LogP contribution in [0.5, 0.6) is 5.75 Å². The van der Waals surface area contributed by atoms with Crippen molar-refractivity contribution in [2.45, 2.75) is 45.1 Å². The molecule has 0 saturated carbocycles. The molecule has 8 nitrogen and oxygen atoms in total. The first-order chi connectivity index (χ1) is 21.0. The predicted octanol–water partition coefficient (Wildman–Crippen LogP) is 2.39. The number of hydrogen-bond donors (Lipinski definition) is 1. The molecule has 1 aromatic heterocycles. The number of nitrogens with zero attached hydrogens (tertiary/aromatic N) is 2. The van der Waals surface area contributed by atoms with Gasteiger partial charge >= 0.3 is 41.4 Å². The van der Waals surface area contributed by atoms with Crippen molar-refractivity contribution in [3.05, 3.63) is 122 Å². The minimum absolute atomic E-state index is 0. The van der Waals surface area contributed by atoms with Gasteiger partial charge in [0, 0.05) is 16.8 Å². The standard InChI is InChI=1S/C32H29F5N3O4.Na.H2O/c1-20-28(22-12-8-15-27(44-2)29(22)34)30(42)40(19-26(38-16-6-7-17-41)21-10-4-3-5-11-21)31(43)39(20)18-23-24(32(35,36)37)13-9-14-25(23)33;;/h3-5,8-15,26,38H,6-7,16,18-19H2,1-2H3;;1H2/q-1;+1;/p-1/t26-;;/m0../s1. The fraction of sp³-hybridized carbons (Fsp3) is 0.281. The number of nitrogens with one attached hydrogen (secondary N) is 1. The van der Waals surface area contributed by atoms with Crippen molar-refractivity contribution >= 4 is 6.29 Å². The van der Waals surface area contributed by atoms with E-state index in [0.29, 0.717) is 24.6 Å². The summed E-state index contributed by atoms with van der Waals surface area (Å²) in [6, 6.07) is 14.6. The Morgan fingerprint density at radius 3 is 2.26 bits per heavy atom. The predicted molar refractivity (Wildman–Crippen MR) is 156 cm³/mol. The molecule has 46 heavy (non-hydrogen) atoms. The molecule has 0 amide bonds. The third kappa shape index (κ3) is 8.39. The summed E-state index contributed by atoms with van der Waals surface area (Å²) in [5.41, 5.74) is -4.04. The van der Waals surface area contributed by atoms with E-state index in [1.54, 1.807) is 36.6 Å². The van der Waals surface area contributed by atoms with Gasteiger partial charge in [0.15, 0.2) is 11.6 Å². The van der Waals surface area contributed by atoms with Gasteiger partial charge in [-0.25, -0.2) is 13.6 Å². The molecule has 4 rings (SSSR count). The SMILES string of the molecule is COc1cccc(-c2c(C)n(Cc3c(F)cccc3C(F)(F)F)c(=O)n(C[C@H](NCCC[C-]=O)c3ccccc3)c2=O)c1F.[Na+].[OH-]. The van der Waals surface area contributed by atoms with Gasteiger partial charge in [-0.15, -0.1) is 0 Å². The summed E-state index contributed by atoms with van der Waals surface area (Å²) in [5.74, 6) is -2.32. The van der Waals surface area contributed by atoms with Crippen LogP contribution in [0.3, 0.4) is 0 Å². The van der Waals surface area contributed by atoms with Crippen molar-refractivity contribution in [2.75, 3.05) is 13.7 Å². The van der Waals surface area contributed by atoms with Crippen LogP contribution in [0.25, 0.3) is 11.1 Å². The largest absolute Gasteiger partial charge is 1.00 e. The molecule has 0 aliphatic rings. The van der Waals surface area contributed by atoms with Crippen molar-refractivity contribution in [3.8, 4) is 16.9 Å². The maximum Gasteiger partial charge on any atom is 1.00 e. The molecule has 0 radical (unpaired) electrons. The van der Waals surface area contributed by atoms with Crippen molar-refractivity contribution < 1.29 is 66.5 Å². The van der Waals surface area contributed by atoms with Gasteiger partial charge in [0.1, 0.15) is 5.82 Å².